The summed E-state index contributed by atoms with van der Waals surface area (Å²) < 4.78 is 4.99. The number of methoxy groups -OCH3 is 1. The SMILES string of the molecule is COCc1cc(C)cc(CBr)c1O. The Bertz CT molecular complexity index is 297. The minimum atomic E-state index is 0.337. The maximum absolute atomic E-state index is 9.73. The molecule has 0 bridgehead atoms. The molecule has 0 aliphatic rings. The molecule has 0 radical (unpaired) electrons. The van der Waals surface area contributed by atoms with Gasteiger partial charge >= 0.3 is 0 Å². The molecule has 13 heavy (non-hydrogen) atoms. The minimum absolute atomic E-state index is 0.337. The van der Waals surface area contributed by atoms with Gasteiger partial charge in [-0.25, -0.2) is 0 Å². The van der Waals surface area contributed by atoms with Crippen molar-refractivity contribution >= 4 is 15.9 Å². The van der Waals surface area contributed by atoms with E-state index in [1.54, 1.807) is 7.11 Å². The first-order chi connectivity index (χ1) is 6.19. The third kappa shape index (κ3) is 2.45. The Morgan fingerprint density at radius 1 is 1.38 bits per heavy atom. The topological polar surface area (TPSA) is 29.5 Å². The standard InChI is InChI=1S/C10H13BrO2/c1-7-3-8(5-11)10(12)9(4-7)6-13-2/h3-4,12H,5-6H2,1-2H3. The number of benzene rings is 1. The molecule has 0 unspecified atom stereocenters. The minimum Gasteiger partial charge on any atom is -0.507 e. The molecule has 1 aromatic rings. The number of alkyl halides is 1. The number of aryl methyl sites for hydroxylation is 1. The summed E-state index contributed by atoms with van der Waals surface area (Å²) in [6.45, 7) is 2.46. The van der Waals surface area contributed by atoms with Crippen molar-refractivity contribution in [2.24, 2.45) is 0 Å². The average molecular weight is 245 g/mol. The first-order valence-corrected chi connectivity index (χ1v) is 5.17. The lowest BCUT2D eigenvalue weighted by Gasteiger charge is -2.08. The van der Waals surface area contributed by atoms with Crippen LogP contribution in [0.3, 0.4) is 0 Å². The van der Waals surface area contributed by atoms with Gasteiger partial charge in [0.15, 0.2) is 0 Å². The molecule has 0 saturated carbocycles. The molecule has 3 heteroatoms. The van der Waals surface area contributed by atoms with Gasteiger partial charge in [-0.1, -0.05) is 33.6 Å². The predicted molar refractivity (Wildman–Crippen MR) is 56.2 cm³/mol. The first-order valence-electron chi connectivity index (χ1n) is 4.05. The van der Waals surface area contributed by atoms with Crippen LogP contribution < -0.4 is 0 Å². The van der Waals surface area contributed by atoms with E-state index in [0.717, 1.165) is 16.7 Å². The second-order valence-corrected chi connectivity index (χ2v) is 3.56. The van der Waals surface area contributed by atoms with Crippen LogP contribution in [0, 0.1) is 6.92 Å². The van der Waals surface area contributed by atoms with E-state index in [9.17, 15) is 5.11 Å². The second kappa shape index (κ2) is 4.63. The van der Waals surface area contributed by atoms with Crippen LogP contribution in [0.4, 0.5) is 0 Å². The van der Waals surface area contributed by atoms with Gasteiger partial charge in [-0.3, -0.25) is 0 Å². The molecule has 0 aliphatic carbocycles. The fourth-order valence-electron chi connectivity index (χ4n) is 1.30. The van der Waals surface area contributed by atoms with E-state index in [4.69, 9.17) is 4.74 Å². The number of hydrogen-bond donors (Lipinski definition) is 1. The van der Waals surface area contributed by atoms with E-state index in [0.29, 0.717) is 17.7 Å². The highest BCUT2D eigenvalue weighted by Crippen LogP contribution is 2.26. The maximum Gasteiger partial charge on any atom is 0.125 e. The molecular weight excluding hydrogens is 232 g/mol. The third-order valence-electron chi connectivity index (χ3n) is 1.86. The number of phenols is 1. The molecule has 0 fully saturated rings. The Hall–Kier alpha value is -0.540. The predicted octanol–water partition coefficient (Wildman–Crippen LogP) is 2.74. The maximum atomic E-state index is 9.73. The molecule has 1 N–H and O–H groups in total. The molecule has 0 atom stereocenters. The van der Waals surface area contributed by atoms with Gasteiger partial charge in [0.1, 0.15) is 5.75 Å². The molecule has 2 nitrogen and oxygen atoms in total. The number of rotatable bonds is 3. The van der Waals surface area contributed by atoms with Crippen LogP contribution in [0.2, 0.25) is 0 Å². The summed E-state index contributed by atoms with van der Waals surface area (Å²) in [5, 5.41) is 10.4. The lowest BCUT2D eigenvalue weighted by molar-refractivity contribution is 0.182. The number of hydrogen-bond acceptors (Lipinski definition) is 2. The van der Waals surface area contributed by atoms with Gasteiger partial charge < -0.3 is 9.84 Å². The van der Waals surface area contributed by atoms with E-state index in [2.05, 4.69) is 15.9 Å². The van der Waals surface area contributed by atoms with Gasteiger partial charge in [0, 0.05) is 23.6 Å². The Morgan fingerprint density at radius 3 is 2.54 bits per heavy atom. The lowest BCUT2D eigenvalue weighted by Crippen LogP contribution is -1.93. The Labute approximate surface area is 86.7 Å². The monoisotopic (exact) mass is 244 g/mol. The molecule has 1 aromatic carbocycles. The summed E-state index contributed by atoms with van der Waals surface area (Å²) in [6, 6.07) is 3.90. The van der Waals surface area contributed by atoms with Crippen LogP contribution in [-0.4, -0.2) is 12.2 Å². The van der Waals surface area contributed by atoms with Crippen molar-refractivity contribution in [2.45, 2.75) is 18.9 Å². The largest absolute Gasteiger partial charge is 0.507 e. The third-order valence-corrected chi connectivity index (χ3v) is 2.46. The zero-order chi connectivity index (χ0) is 9.84. The lowest BCUT2D eigenvalue weighted by atomic mass is 10.1. The van der Waals surface area contributed by atoms with Gasteiger partial charge in [0.25, 0.3) is 0 Å². The quantitative estimate of drug-likeness (QED) is 0.829. The summed E-state index contributed by atoms with van der Waals surface area (Å²) in [6.07, 6.45) is 0. The zero-order valence-electron chi connectivity index (χ0n) is 7.80. The Morgan fingerprint density at radius 2 is 2.00 bits per heavy atom. The highest BCUT2D eigenvalue weighted by Gasteiger charge is 2.06. The van der Waals surface area contributed by atoms with Crippen molar-refractivity contribution in [1.82, 2.24) is 0 Å². The van der Waals surface area contributed by atoms with E-state index in [1.807, 2.05) is 19.1 Å². The van der Waals surface area contributed by atoms with Crippen LogP contribution in [0.15, 0.2) is 12.1 Å². The number of phenolic OH excluding ortho intramolecular Hbond substituents is 1. The summed E-state index contributed by atoms with van der Waals surface area (Å²) in [5.74, 6) is 0.337. The summed E-state index contributed by atoms with van der Waals surface area (Å²) in [5.41, 5.74) is 2.89. The summed E-state index contributed by atoms with van der Waals surface area (Å²) >= 11 is 3.33. The van der Waals surface area contributed by atoms with Gasteiger partial charge in [-0.2, -0.15) is 0 Å². The van der Waals surface area contributed by atoms with E-state index in [-0.39, 0.29) is 0 Å². The van der Waals surface area contributed by atoms with Crippen molar-refractivity contribution in [3.63, 3.8) is 0 Å². The summed E-state index contributed by atoms with van der Waals surface area (Å²) in [4.78, 5) is 0. The number of halogens is 1. The molecule has 0 saturated heterocycles. The van der Waals surface area contributed by atoms with Crippen LogP contribution >= 0.6 is 15.9 Å². The normalized spacial score (nSPS) is 10.4. The van der Waals surface area contributed by atoms with Gasteiger partial charge in [-0.15, -0.1) is 0 Å². The van der Waals surface area contributed by atoms with Crippen molar-refractivity contribution in [1.29, 1.82) is 0 Å². The van der Waals surface area contributed by atoms with Crippen LogP contribution in [0.25, 0.3) is 0 Å². The van der Waals surface area contributed by atoms with Gasteiger partial charge in [-0.05, 0) is 6.92 Å². The van der Waals surface area contributed by atoms with Crippen LogP contribution in [-0.2, 0) is 16.7 Å². The van der Waals surface area contributed by atoms with E-state index >= 15 is 0 Å². The van der Waals surface area contributed by atoms with Crippen molar-refractivity contribution in [3.05, 3.63) is 28.8 Å². The molecule has 0 aromatic heterocycles. The fourth-order valence-corrected chi connectivity index (χ4v) is 1.73. The smallest absolute Gasteiger partial charge is 0.125 e. The first kappa shape index (κ1) is 10.5. The summed E-state index contributed by atoms with van der Waals surface area (Å²) in [7, 11) is 1.62. The Balaban J connectivity index is 3.11. The molecule has 1 rings (SSSR count). The molecule has 0 amide bonds. The van der Waals surface area contributed by atoms with Crippen molar-refractivity contribution in [3.8, 4) is 5.75 Å². The van der Waals surface area contributed by atoms with Crippen LogP contribution in [0.1, 0.15) is 16.7 Å². The number of aromatic hydroxyl groups is 1. The molecule has 0 aliphatic heterocycles. The molecular formula is C10H13BrO2. The van der Waals surface area contributed by atoms with Crippen molar-refractivity contribution < 1.29 is 9.84 Å². The van der Waals surface area contributed by atoms with Gasteiger partial charge in [0.2, 0.25) is 0 Å². The molecule has 0 heterocycles. The fraction of sp³-hybridized carbons (Fsp3) is 0.400. The average Bonchev–Trinajstić information content (AvgIpc) is 2.11. The van der Waals surface area contributed by atoms with Gasteiger partial charge in [0.05, 0.1) is 6.61 Å². The highest BCUT2D eigenvalue weighted by atomic mass is 79.9. The zero-order valence-corrected chi connectivity index (χ0v) is 9.39. The second-order valence-electron chi connectivity index (χ2n) is 3.00. The van der Waals surface area contributed by atoms with E-state index < -0.39 is 0 Å². The highest BCUT2D eigenvalue weighted by molar-refractivity contribution is 9.08. The van der Waals surface area contributed by atoms with E-state index in [1.165, 1.54) is 0 Å². The molecule has 0 spiro atoms. The molecule has 72 valence electrons. The van der Waals surface area contributed by atoms with Crippen molar-refractivity contribution in [2.75, 3.05) is 7.11 Å². The van der Waals surface area contributed by atoms with Crippen LogP contribution in [0.5, 0.6) is 5.75 Å². The Kier molecular flexibility index (Phi) is 3.75. The number of ether oxygens (including phenoxy) is 1.